The molecule has 0 aliphatic carbocycles. The van der Waals surface area contributed by atoms with E-state index < -0.39 is 0 Å². The van der Waals surface area contributed by atoms with Crippen molar-refractivity contribution in [2.24, 2.45) is 0 Å². The number of nitrogens with zero attached hydrogens (tertiary/aromatic N) is 2. The summed E-state index contributed by atoms with van der Waals surface area (Å²) in [6, 6.07) is 16.2. The van der Waals surface area contributed by atoms with Crippen LogP contribution in [0, 0.1) is 0 Å². The average Bonchev–Trinajstić information content (AvgIpc) is 2.55. The Labute approximate surface area is 123 Å². The molecule has 106 valence electrons. The number of benzene rings is 2. The zero-order valence-electron chi connectivity index (χ0n) is 11.9. The van der Waals surface area contributed by atoms with E-state index in [-0.39, 0.29) is 0 Å². The van der Waals surface area contributed by atoms with Crippen LogP contribution in [-0.2, 0) is 6.42 Å². The molecule has 4 heteroatoms. The van der Waals surface area contributed by atoms with Crippen molar-refractivity contribution in [2.45, 2.75) is 6.42 Å². The SMILES string of the molecule is CNc1nccc(CCOc2cccc3ccccc23)n1. The van der Waals surface area contributed by atoms with Crippen LogP contribution in [0.3, 0.4) is 0 Å². The number of rotatable bonds is 5. The molecule has 0 saturated carbocycles. The molecule has 0 aliphatic heterocycles. The van der Waals surface area contributed by atoms with E-state index >= 15 is 0 Å². The fraction of sp³-hybridized carbons (Fsp3) is 0.176. The van der Waals surface area contributed by atoms with Gasteiger partial charge in [-0.05, 0) is 17.5 Å². The molecule has 0 atom stereocenters. The molecule has 21 heavy (non-hydrogen) atoms. The molecule has 3 aromatic rings. The highest BCUT2D eigenvalue weighted by molar-refractivity contribution is 5.88. The summed E-state index contributed by atoms with van der Waals surface area (Å²) < 4.78 is 5.92. The van der Waals surface area contributed by atoms with Gasteiger partial charge < -0.3 is 10.1 Å². The van der Waals surface area contributed by atoms with E-state index in [1.807, 2.05) is 37.4 Å². The maximum Gasteiger partial charge on any atom is 0.222 e. The van der Waals surface area contributed by atoms with Crippen molar-refractivity contribution < 1.29 is 4.74 Å². The number of hydrogen-bond donors (Lipinski definition) is 1. The summed E-state index contributed by atoms with van der Waals surface area (Å²) in [6.07, 6.45) is 2.51. The van der Waals surface area contributed by atoms with Gasteiger partial charge in [0.15, 0.2) is 0 Å². The summed E-state index contributed by atoms with van der Waals surface area (Å²) in [5, 5.41) is 5.26. The third-order valence-electron chi connectivity index (χ3n) is 3.30. The molecule has 1 heterocycles. The zero-order chi connectivity index (χ0) is 14.5. The quantitative estimate of drug-likeness (QED) is 0.778. The Morgan fingerprint density at radius 3 is 2.81 bits per heavy atom. The molecule has 0 amide bonds. The number of nitrogens with one attached hydrogen (secondary N) is 1. The molecule has 3 rings (SSSR count). The van der Waals surface area contributed by atoms with Crippen molar-refractivity contribution in [1.82, 2.24) is 9.97 Å². The van der Waals surface area contributed by atoms with Gasteiger partial charge in [-0.3, -0.25) is 0 Å². The molecular formula is C17H17N3O. The van der Waals surface area contributed by atoms with Crippen LogP contribution in [-0.4, -0.2) is 23.6 Å². The fourth-order valence-corrected chi connectivity index (χ4v) is 2.24. The van der Waals surface area contributed by atoms with Crippen LogP contribution in [0.4, 0.5) is 5.95 Å². The number of anilines is 1. The molecule has 0 bridgehead atoms. The maximum absolute atomic E-state index is 5.92. The molecule has 4 nitrogen and oxygen atoms in total. The fourth-order valence-electron chi connectivity index (χ4n) is 2.24. The van der Waals surface area contributed by atoms with Crippen LogP contribution in [0.5, 0.6) is 5.75 Å². The second-order valence-corrected chi connectivity index (χ2v) is 4.70. The van der Waals surface area contributed by atoms with Gasteiger partial charge in [-0.1, -0.05) is 36.4 Å². The second kappa shape index (κ2) is 6.22. The van der Waals surface area contributed by atoms with Gasteiger partial charge in [0.1, 0.15) is 5.75 Å². The first kappa shape index (κ1) is 13.4. The number of fused-ring (bicyclic) bond motifs is 1. The lowest BCUT2D eigenvalue weighted by atomic mass is 10.1. The van der Waals surface area contributed by atoms with Crippen molar-refractivity contribution in [2.75, 3.05) is 19.0 Å². The average molecular weight is 279 g/mol. The van der Waals surface area contributed by atoms with Gasteiger partial charge in [-0.25, -0.2) is 9.97 Å². The Morgan fingerprint density at radius 2 is 1.90 bits per heavy atom. The smallest absolute Gasteiger partial charge is 0.222 e. The standard InChI is InChI=1S/C17H17N3O/c1-18-17-19-11-9-14(20-17)10-12-21-16-8-4-6-13-5-2-3-7-15(13)16/h2-9,11H,10,12H2,1H3,(H,18,19,20). The van der Waals surface area contributed by atoms with E-state index in [2.05, 4.69) is 33.5 Å². The van der Waals surface area contributed by atoms with Gasteiger partial charge >= 0.3 is 0 Å². The highest BCUT2D eigenvalue weighted by atomic mass is 16.5. The third-order valence-corrected chi connectivity index (χ3v) is 3.30. The number of ether oxygens (including phenoxy) is 1. The van der Waals surface area contributed by atoms with Gasteiger partial charge in [0.2, 0.25) is 5.95 Å². The van der Waals surface area contributed by atoms with Crippen molar-refractivity contribution in [3.8, 4) is 5.75 Å². The minimum absolute atomic E-state index is 0.591. The zero-order valence-corrected chi connectivity index (χ0v) is 11.9. The first-order valence-corrected chi connectivity index (χ1v) is 6.97. The van der Waals surface area contributed by atoms with Crippen LogP contribution >= 0.6 is 0 Å². The Bertz CT molecular complexity index is 737. The maximum atomic E-state index is 5.92. The number of hydrogen-bond acceptors (Lipinski definition) is 4. The third kappa shape index (κ3) is 3.11. The highest BCUT2D eigenvalue weighted by Gasteiger charge is 2.02. The summed E-state index contributed by atoms with van der Waals surface area (Å²) in [6.45, 7) is 0.591. The van der Waals surface area contributed by atoms with E-state index in [1.54, 1.807) is 6.20 Å². The predicted molar refractivity (Wildman–Crippen MR) is 84.7 cm³/mol. The van der Waals surface area contributed by atoms with Crippen LogP contribution in [0.25, 0.3) is 10.8 Å². The second-order valence-electron chi connectivity index (χ2n) is 4.70. The molecular weight excluding hydrogens is 262 g/mol. The lowest BCUT2D eigenvalue weighted by Crippen LogP contribution is -2.05. The lowest BCUT2D eigenvalue weighted by molar-refractivity contribution is 0.324. The van der Waals surface area contributed by atoms with Crippen LogP contribution in [0.2, 0.25) is 0 Å². The van der Waals surface area contributed by atoms with E-state index in [1.165, 1.54) is 5.39 Å². The Hall–Kier alpha value is -2.62. The molecule has 1 N–H and O–H groups in total. The van der Waals surface area contributed by atoms with Crippen molar-refractivity contribution >= 4 is 16.7 Å². The van der Waals surface area contributed by atoms with Crippen molar-refractivity contribution in [1.29, 1.82) is 0 Å². The largest absolute Gasteiger partial charge is 0.493 e. The summed E-state index contributed by atoms with van der Waals surface area (Å²) >= 11 is 0. The molecule has 0 aliphatic rings. The predicted octanol–water partition coefficient (Wildman–Crippen LogP) is 3.29. The minimum Gasteiger partial charge on any atom is -0.493 e. The summed E-state index contributed by atoms with van der Waals surface area (Å²) in [4.78, 5) is 8.48. The summed E-state index contributed by atoms with van der Waals surface area (Å²) in [5.41, 5.74) is 0.967. The lowest BCUT2D eigenvalue weighted by Gasteiger charge is -2.09. The minimum atomic E-state index is 0.591. The van der Waals surface area contributed by atoms with Gasteiger partial charge in [0.25, 0.3) is 0 Å². The van der Waals surface area contributed by atoms with Crippen LogP contribution in [0.15, 0.2) is 54.7 Å². The Balaban J connectivity index is 1.69. The van der Waals surface area contributed by atoms with Crippen molar-refractivity contribution in [3.05, 3.63) is 60.4 Å². The molecule has 0 spiro atoms. The first-order valence-electron chi connectivity index (χ1n) is 6.97. The molecule has 0 saturated heterocycles. The molecule has 1 aromatic heterocycles. The summed E-state index contributed by atoms with van der Waals surface area (Å²) in [7, 11) is 1.81. The molecule has 0 fully saturated rings. The van der Waals surface area contributed by atoms with Crippen LogP contribution in [0.1, 0.15) is 5.69 Å². The van der Waals surface area contributed by atoms with Gasteiger partial charge in [0.05, 0.1) is 6.61 Å². The van der Waals surface area contributed by atoms with Gasteiger partial charge in [-0.2, -0.15) is 0 Å². The van der Waals surface area contributed by atoms with E-state index in [0.717, 1.165) is 23.3 Å². The first-order chi connectivity index (χ1) is 10.4. The van der Waals surface area contributed by atoms with Gasteiger partial charge in [0, 0.05) is 30.7 Å². The Kier molecular flexibility index (Phi) is 3.96. The van der Waals surface area contributed by atoms with Gasteiger partial charge in [-0.15, -0.1) is 0 Å². The van der Waals surface area contributed by atoms with Crippen LogP contribution < -0.4 is 10.1 Å². The van der Waals surface area contributed by atoms with Crippen molar-refractivity contribution in [3.63, 3.8) is 0 Å². The highest BCUT2D eigenvalue weighted by Crippen LogP contribution is 2.25. The van der Waals surface area contributed by atoms with E-state index in [4.69, 9.17) is 4.74 Å². The normalized spacial score (nSPS) is 10.5. The number of aromatic nitrogens is 2. The van der Waals surface area contributed by atoms with E-state index in [0.29, 0.717) is 12.6 Å². The molecule has 2 aromatic carbocycles. The molecule has 0 radical (unpaired) electrons. The van der Waals surface area contributed by atoms with E-state index in [9.17, 15) is 0 Å². The topological polar surface area (TPSA) is 47.0 Å². The Morgan fingerprint density at radius 1 is 1.05 bits per heavy atom. The monoisotopic (exact) mass is 279 g/mol. The summed E-state index contributed by atoms with van der Waals surface area (Å²) in [5.74, 6) is 1.55. The molecule has 0 unspecified atom stereocenters.